The fraction of sp³-hybridized carbons (Fsp3) is 0.118. The predicted molar refractivity (Wildman–Crippen MR) is 74.8 cm³/mol. The summed E-state index contributed by atoms with van der Waals surface area (Å²) in [5.41, 5.74) is 2.73. The summed E-state index contributed by atoms with van der Waals surface area (Å²) in [7, 11) is 0. The van der Waals surface area contributed by atoms with Gasteiger partial charge in [-0.15, -0.1) is 0 Å². The van der Waals surface area contributed by atoms with Gasteiger partial charge in [-0.2, -0.15) is 0 Å². The number of carbonyl (C=O) groups is 1. The lowest BCUT2D eigenvalue weighted by Gasteiger charge is -2.14. The molecule has 19 heavy (non-hydrogen) atoms. The maximum Gasteiger partial charge on any atom is 0.198 e. The number of carbonyl (C=O) groups excluding carboxylic acids is 1. The van der Waals surface area contributed by atoms with Crippen LogP contribution in [0.15, 0.2) is 66.4 Å². The van der Waals surface area contributed by atoms with Crippen molar-refractivity contribution >= 4 is 11.4 Å². The van der Waals surface area contributed by atoms with Gasteiger partial charge in [-0.3, -0.25) is 4.79 Å². The molecule has 2 aromatic rings. The van der Waals surface area contributed by atoms with E-state index >= 15 is 0 Å². The molecule has 0 amide bonds. The van der Waals surface area contributed by atoms with Crippen LogP contribution in [0.25, 0.3) is 5.57 Å². The summed E-state index contributed by atoms with van der Waals surface area (Å²) < 4.78 is 0. The first-order valence-electron chi connectivity index (χ1n) is 6.34. The van der Waals surface area contributed by atoms with Crippen LogP contribution >= 0.6 is 0 Å². The van der Waals surface area contributed by atoms with Crippen molar-refractivity contribution < 1.29 is 9.90 Å². The number of hydrogen-bond acceptors (Lipinski definition) is 2. The summed E-state index contributed by atoms with van der Waals surface area (Å²) >= 11 is 0. The van der Waals surface area contributed by atoms with Crippen molar-refractivity contribution in [1.82, 2.24) is 0 Å². The van der Waals surface area contributed by atoms with Crippen molar-refractivity contribution in [1.29, 1.82) is 0 Å². The number of benzene rings is 2. The molecule has 2 aromatic carbocycles. The Kier molecular flexibility index (Phi) is 2.92. The van der Waals surface area contributed by atoms with E-state index in [-0.39, 0.29) is 17.5 Å². The van der Waals surface area contributed by atoms with Gasteiger partial charge in [0.25, 0.3) is 0 Å². The Morgan fingerprint density at radius 3 is 2.11 bits per heavy atom. The lowest BCUT2D eigenvalue weighted by Crippen LogP contribution is -1.99. The van der Waals surface area contributed by atoms with E-state index in [0.717, 1.165) is 16.7 Å². The van der Waals surface area contributed by atoms with E-state index in [1.165, 1.54) is 0 Å². The van der Waals surface area contributed by atoms with Gasteiger partial charge >= 0.3 is 0 Å². The van der Waals surface area contributed by atoms with Crippen LogP contribution in [0.3, 0.4) is 0 Å². The summed E-state index contributed by atoms with van der Waals surface area (Å²) in [4.78, 5) is 11.8. The largest absolute Gasteiger partial charge is 0.504 e. The predicted octanol–water partition coefficient (Wildman–Crippen LogP) is 3.71. The Morgan fingerprint density at radius 1 is 0.895 bits per heavy atom. The van der Waals surface area contributed by atoms with Gasteiger partial charge in [0.2, 0.25) is 0 Å². The van der Waals surface area contributed by atoms with Crippen LogP contribution in [0, 0.1) is 0 Å². The molecule has 1 aliphatic carbocycles. The van der Waals surface area contributed by atoms with E-state index in [2.05, 4.69) is 0 Å². The standard InChI is InChI=1S/C17H14O2/c18-15-11-14(12-7-3-1-4-8-12)16(17(15)19)13-9-5-2-6-10-13/h1-10,14,19H,11H2/t14-/m0/s1. The van der Waals surface area contributed by atoms with Crippen molar-refractivity contribution in [2.24, 2.45) is 0 Å². The Hall–Kier alpha value is -2.35. The first kappa shape index (κ1) is 11.7. The first-order chi connectivity index (χ1) is 9.27. The minimum Gasteiger partial charge on any atom is -0.504 e. The van der Waals surface area contributed by atoms with Crippen LogP contribution in [0.2, 0.25) is 0 Å². The Labute approximate surface area is 112 Å². The minimum absolute atomic E-state index is 0.0453. The normalized spacial score (nSPS) is 18.9. The third-order valence-electron chi connectivity index (χ3n) is 3.54. The van der Waals surface area contributed by atoms with E-state index in [9.17, 15) is 9.90 Å². The molecule has 0 fully saturated rings. The fourth-order valence-electron chi connectivity index (χ4n) is 2.62. The molecule has 0 radical (unpaired) electrons. The van der Waals surface area contributed by atoms with Gasteiger partial charge in [-0.25, -0.2) is 0 Å². The van der Waals surface area contributed by atoms with E-state index in [0.29, 0.717) is 6.42 Å². The molecule has 0 unspecified atom stereocenters. The molecule has 1 aliphatic rings. The number of rotatable bonds is 2. The average Bonchev–Trinajstić information content (AvgIpc) is 2.77. The molecule has 3 rings (SSSR count). The van der Waals surface area contributed by atoms with Crippen LogP contribution in [-0.4, -0.2) is 10.9 Å². The highest BCUT2D eigenvalue weighted by Gasteiger charge is 2.33. The van der Waals surface area contributed by atoms with E-state index in [4.69, 9.17) is 0 Å². The molecule has 2 heteroatoms. The molecule has 1 N–H and O–H groups in total. The highest BCUT2D eigenvalue weighted by Crippen LogP contribution is 2.42. The monoisotopic (exact) mass is 250 g/mol. The maximum atomic E-state index is 11.8. The number of Topliss-reactive ketones (excluding diaryl/α,β-unsaturated/α-hetero) is 1. The average molecular weight is 250 g/mol. The SMILES string of the molecule is O=C1C[C@@H](c2ccccc2)C(c2ccccc2)=C1O. The highest BCUT2D eigenvalue weighted by atomic mass is 16.3. The molecule has 0 spiro atoms. The number of aliphatic hydroxyl groups is 1. The van der Waals surface area contributed by atoms with Crippen molar-refractivity contribution in [3.05, 3.63) is 77.5 Å². The smallest absolute Gasteiger partial charge is 0.198 e. The summed E-state index contributed by atoms with van der Waals surface area (Å²) in [6.45, 7) is 0. The van der Waals surface area contributed by atoms with Gasteiger partial charge in [-0.1, -0.05) is 60.7 Å². The third kappa shape index (κ3) is 2.06. The molecule has 0 saturated heterocycles. The van der Waals surface area contributed by atoms with Crippen molar-refractivity contribution in [2.75, 3.05) is 0 Å². The summed E-state index contributed by atoms with van der Waals surface area (Å²) in [5.74, 6) is -0.302. The third-order valence-corrected chi connectivity index (χ3v) is 3.54. The van der Waals surface area contributed by atoms with Crippen LogP contribution in [-0.2, 0) is 4.79 Å². The van der Waals surface area contributed by atoms with Gasteiger partial charge in [0.05, 0.1) is 0 Å². The zero-order chi connectivity index (χ0) is 13.2. The number of allylic oxidation sites excluding steroid dienone is 2. The quantitative estimate of drug-likeness (QED) is 0.882. The second-order valence-corrected chi connectivity index (χ2v) is 4.72. The lowest BCUT2D eigenvalue weighted by molar-refractivity contribution is -0.117. The van der Waals surface area contributed by atoms with Crippen molar-refractivity contribution in [3.63, 3.8) is 0 Å². The van der Waals surface area contributed by atoms with E-state index < -0.39 is 0 Å². The Bertz CT molecular complexity index is 627. The fourth-order valence-corrected chi connectivity index (χ4v) is 2.62. The van der Waals surface area contributed by atoms with Crippen molar-refractivity contribution in [3.8, 4) is 0 Å². The van der Waals surface area contributed by atoms with Crippen LogP contribution in [0.4, 0.5) is 0 Å². The summed E-state index contributed by atoms with van der Waals surface area (Å²) in [5, 5.41) is 10.1. The van der Waals surface area contributed by atoms with Crippen molar-refractivity contribution in [2.45, 2.75) is 12.3 Å². The number of aliphatic hydroxyl groups excluding tert-OH is 1. The highest BCUT2D eigenvalue weighted by molar-refractivity contribution is 6.07. The molecular weight excluding hydrogens is 236 g/mol. The molecule has 94 valence electrons. The second-order valence-electron chi connectivity index (χ2n) is 4.72. The van der Waals surface area contributed by atoms with Gasteiger partial charge in [0.15, 0.2) is 11.5 Å². The maximum absolute atomic E-state index is 11.8. The Morgan fingerprint density at radius 2 is 1.47 bits per heavy atom. The zero-order valence-corrected chi connectivity index (χ0v) is 10.4. The topological polar surface area (TPSA) is 37.3 Å². The first-order valence-corrected chi connectivity index (χ1v) is 6.34. The van der Waals surface area contributed by atoms with Gasteiger partial charge in [-0.05, 0) is 11.1 Å². The van der Waals surface area contributed by atoms with E-state index in [1.807, 2.05) is 60.7 Å². The molecule has 0 saturated carbocycles. The number of ketones is 1. The molecule has 0 aliphatic heterocycles. The molecule has 0 aromatic heterocycles. The summed E-state index contributed by atoms with van der Waals surface area (Å²) in [6.07, 6.45) is 0.347. The number of hydrogen-bond donors (Lipinski definition) is 1. The van der Waals surface area contributed by atoms with Crippen LogP contribution in [0.5, 0.6) is 0 Å². The Balaban J connectivity index is 2.10. The van der Waals surface area contributed by atoms with Gasteiger partial charge < -0.3 is 5.11 Å². The van der Waals surface area contributed by atoms with Crippen LogP contribution < -0.4 is 0 Å². The molecule has 2 nitrogen and oxygen atoms in total. The minimum atomic E-state index is -0.173. The molecule has 0 bridgehead atoms. The molecule has 0 heterocycles. The zero-order valence-electron chi connectivity index (χ0n) is 10.4. The van der Waals surface area contributed by atoms with Gasteiger partial charge in [0, 0.05) is 17.9 Å². The van der Waals surface area contributed by atoms with Gasteiger partial charge in [0.1, 0.15) is 0 Å². The van der Waals surface area contributed by atoms with Crippen LogP contribution in [0.1, 0.15) is 23.5 Å². The molecular formula is C17H14O2. The summed E-state index contributed by atoms with van der Waals surface area (Å²) in [6, 6.07) is 19.5. The molecule has 1 atom stereocenters. The second kappa shape index (κ2) is 4.73. The van der Waals surface area contributed by atoms with E-state index in [1.54, 1.807) is 0 Å². The lowest BCUT2D eigenvalue weighted by atomic mass is 9.88.